The molecule has 2 amide bonds. The SMILES string of the molecule is CCN(CC(=O)Nc1c(F)cccc1F)C(=O)CCN.Cl. The van der Waals surface area contributed by atoms with Gasteiger partial charge in [0.05, 0.1) is 6.54 Å². The Hall–Kier alpha value is -1.73. The fraction of sp³-hybridized carbons (Fsp3) is 0.385. The van der Waals surface area contributed by atoms with Crippen molar-refractivity contribution < 1.29 is 18.4 Å². The van der Waals surface area contributed by atoms with Gasteiger partial charge in [0.15, 0.2) is 0 Å². The Bertz CT molecular complexity index is 480. The van der Waals surface area contributed by atoms with Crippen molar-refractivity contribution in [2.45, 2.75) is 13.3 Å². The molecule has 118 valence electrons. The van der Waals surface area contributed by atoms with Crippen LogP contribution in [0.15, 0.2) is 18.2 Å². The third-order valence-corrected chi connectivity index (χ3v) is 2.65. The standard InChI is InChI=1S/C13H17F2N3O2.ClH/c1-2-18(12(20)6-7-16)8-11(19)17-13-9(14)4-3-5-10(13)15;/h3-5H,2,6-8,16H2,1H3,(H,17,19);1H. The number of anilines is 1. The Morgan fingerprint density at radius 3 is 2.33 bits per heavy atom. The number of nitrogens with one attached hydrogen (secondary N) is 1. The van der Waals surface area contributed by atoms with Crippen LogP contribution >= 0.6 is 12.4 Å². The fourth-order valence-electron chi connectivity index (χ4n) is 1.63. The van der Waals surface area contributed by atoms with E-state index in [9.17, 15) is 18.4 Å². The maximum Gasteiger partial charge on any atom is 0.244 e. The summed E-state index contributed by atoms with van der Waals surface area (Å²) in [7, 11) is 0. The lowest BCUT2D eigenvalue weighted by molar-refractivity contribution is -0.134. The van der Waals surface area contributed by atoms with E-state index in [1.165, 1.54) is 11.0 Å². The van der Waals surface area contributed by atoms with Crippen molar-refractivity contribution in [1.82, 2.24) is 4.90 Å². The molecule has 0 fully saturated rings. The van der Waals surface area contributed by atoms with Gasteiger partial charge in [-0.25, -0.2) is 8.78 Å². The van der Waals surface area contributed by atoms with Crippen molar-refractivity contribution >= 4 is 29.9 Å². The highest BCUT2D eigenvalue weighted by molar-refractivity contribution is 5.94. The zero-order valence-electron chi connectivity index (χ0n) is 11.6. The molecule has 21 heavy (non-hydrogen) atoms. The number of para-hydroxylation sites is 1. The van der Waals surface area contributed by atoms with Crippen LogP contribution in [0, 0.1) is 11.6 Å². The van der Waals surface area contributed by atoms with E-state index < -0.39 is 23.2 Å². The number of halogens is 3. The second-order valence-corrected chi connectivity index (χ2v) is 4.09. The second kappa shape index (κ2) is 9.25. The Balaban J connectivity index is 0.00000400. The first-order valence-corrected chi connectivity index (χ1v) is 6.21. The summed E-state index contributed by atoms with van der Waals surface area (Å²) in [5.41, 5.74) is 4.75. The fourth-order valence-corrected chi connectivity index (χ4v) is 1.63. The number of rotatable bonds is 6. The number of benzene rings is 1. The van der Waals surface area contributed by atoms with Crippen LogP contribution in [-0.4, -0.2) is 36.3 Å². The molecule has 0 unspecified atom stereocenters. The van der Waals surface area contributed by atoms with Crippen molar-refractivity contribution in [2.24, 2.45) is 5.73 Å². The molecule has 0 aromatic heterocycles. The van der Waals surface area contributed by atoms with Crippen LogP contribution in [0.25, 0.3) is 0 Å². The second-order valence-electron chi connectivity index (χ2n) is 4.09. The monoisotopic (exact) mass is 321 g/mol. The van der Waals surface area contributed by atoms with Gasteiger partial charge in [-0.1, -0.05) is 6.07 Å². The number of nitrogens with two attached hydrogens (primary N) is 1. The summed E-state index contributed by atoms with van der Waals surface area (Å²) in [6.07, 6.45) is 0.120. The maximum absolute atomic E-state index is 13.4. The quantitative estimate of drug-likeness (QED) is 0.834. The first kappa shape index (κ1) is 19.3. The lowest BCUT2D eigenvalue weighted by atomic mass is 10.3. The molecule has 0 spiro atoms. The summed E-state index contributed by atoms with van der Waals surface area (Å²) in [5, 5.41) is 2.13. The summed E-state index contributed by atoms with van der Waals surface area (Å²) in [6, 6.07) is 3.27. The number of amides is 2. The summed E-state index contributed by atoms with van der Waals surface area (Å²) in [5.74, 6) is -2.68. The molecule has 5 nitrogen and oxygen atoms in total. The van der Waals surface area contributed by atoms with E-state index in [4.69, 9.17) is 5.73 Å². The lowest BCUT2D eigenvalue weighted by Gasteiger charge is -2.20. The van der Waals surface area contributed by atoms with Crippen LogP contribution in [0.3, 0.4) is 0 Å². The maximum atomic E-state index is 13.4. The van der Waals surface area contributed by atoms with Gasteiger partial charge in [-0.05, 0) is 19.1 Å². The zero-order valence-corrected chi connectivity index (χ0v) is 12.4. The van der Waals surface area contributed by atoms with Gasteiger partial charge in [0.1, 0.15) is 17.3 Å². The molecule has 0 saturated carbocycles. The molecule has 0 saturated heterocycles. The number of nitrogens with zero attached hydrogens (tertiary/aromatic N) is 1. The topological polar surface area (TPSA) is 75.4 Å². The van der Waals surface area contributed by atoms with Gasteiger partial charge in [0, 0.05) is 19.5 Å². The molecular formula is C13H18ClF2N3O2. The predicted molar refractivity (Wildman–Crippen MR) is 78.2 cm³/mol. The van der Waals surface area contributed by atoms with E-state index in [2.05, 4.69) is 5.32 Å². The van der Waals surface area contributed by atoms with Crippen molar-refractivity contribution in [3.05, 3.63) is 29.8 Å². The molecule has 1 rings (SSSR count). The molecule has 0 atom stereocenters. The minimum Gasteiger partial charge on any atom is -0.334 e. The molecule has 0 aliphatic heterocycles. The summed E-state index contributed by atoms with van der Waals surface area (Å²) in [6.45, 7) is 1.92. The number of hydrogen-bond donors (Lipinski definition) is 2. The normalized spacial score (nSPS) is 9.71. The molecule has 0 aliphatic rings. The summed E-state index contributed by atoms with van der Waals surface area (Å²) in [4.78, 5) is 24.6. The van der Waals surface area contributed by atoms with E-state index in [0.29, 0.717) is 6.54 Å². The first-order chi connectivity index (χ1) is 9.49. The highest BCUT2D eigenvalue weighted by Crippen LogP contribution is 2.17. The van der Waals surface area contributed by atoms with Gasteiger partial charge in [0.2, 0.25) is 11.8 Å². The van der Waals surface area contributed by atoms with Gasteiger partial charge in [0.25, 0.3) is 0 Å². The molecule has 1 aromatic carbocycles. The zero-order chi connectivity index (χ0) is 15.1. The van der Waals surface area contributed by atoms with E-state index in [0.717, 1.165) is 12.1 Å². The van der Waals surface area contributed by atoms with Gasteiger partial charge in [-0.3, -0.25) is 9.59 Å². The molecule has 0 heterocycles. The van der Waals surface area contributed by atoms with Crippen molar-refractivity contribution in [2.75, 3.05) is 25.0 Å². The van der Waals surface area contributed by atoms with Crippen LogP contribution in [0.2, 0.25) is 0 Å². The minimum absolute atomic E-state index is 0. The predicted octanol–water partition coefficient (Wildman–Crippen LogP) is 1.52. The van der Waals surface area contributed by atoms with Gasteiger partial charge < -0.3 is 16.0 Å². The number of likely N-dealkylation sites (N-methyl/N-ethyl adjacent to an activating group) is 1. The number of carbonyl (C=O) groups excluding carboxylic acids is 2. The van der Waals surface area contributed by atoms with Crippen LogP contribution in [0.5, 0.6) is 0 Å². The van der Waals surface area contributed by atoms with Crippen molar-refractivity contribution in [1.29, 1.82) is 0 Å². The van der Waals surface area contributed by atoms with Crippen LogP contribution < -0.4 is 11.1 Å². The lowest BCUT2D eigenvalue weighted by Crippen LogP contribution is -2.38. The summed E-state index contributed by atoms with van der Waals surface area (Å²) < 4.78 is 26.7. The third kappa shape index (κ3) is 5.65. The Kier molecular flexibility index (Phi) is 8.49. The Morgan fingerprint density at radius 2 is 1.86 bits per heavy atom. The molecular weight excluding hydrogens is 304 g/mol. The van der Waals surface area contributed by atoms with Gasteiger partial charge in [-0.2, -0.15) is 0 Å². The van der Waals surface area contributed by atoms with E-state index in [1.54, 1.807) is 6.92 Å². The summed E-state index contributed by atoms with van der Waals surface area (Å²) >= 11 is 0. The molecule has 3 N–H and O–H groups in total. The van der Waals surface area contributed by atoms with Crippen molar-refractivity contribution in [3.8, 4) is 0 Å². The Labute approximate surface area is 127 Å². The Morgan fingerprint density at radius 1 is 1.29 bits per heavy atom. The minimum atomic E-state index is -0.866. The van der Waals surface area contributed by atoms with Gasteiger partial charge in [-0.15, -0.1) is 12.4 Å². The highest BCUT2D eigenvalue weighted by atomic mass is 35.5. The largest absolute Gasteiger partial charge is 0.334 e. The highest BCUT2D eigenvalue weighted by Gasteiger charge is 2.17. The molecule has 8 heteroatoms. The number of hydrogen-bond acceptors (Lipinski definition) is 3. The van der Waals surface area contributed by atoms with Gasteiger partial charge >= 0.3 is 0 Å². The third-order valence-electron chi connectivity index (χ3n) is 2.65. The average Bonchev–Trinajstić information content (AvgIpc) is 2.40. The number of carbonyl (C=O) groups is 2. The molecule has 1 aromatic rings. The van der Waals surface area contributed by atoms with E-state index in [-0.39, 0.29) is 37.8 Å². The van der Waals surface area contributed by atoms with Crippen LogP contribution in [-0.2, 0) is 9.59 Å². The van der Waals surface area contributed by atoms with Crippen LogP contribution in [0.4, 0.5) is 14.5 Å². The van der Waals surface area contributed by atoms with E-state index in [1.807, 2.05) is 0 Å². The van der Waals surface area contributed by atoms with Crippen molar-refractivity contribution in [3.63, 3.8) is 0 Å². The first-order valence-electron chi connectivity index (χ1n) is 6.21. The molecule has 0 bridgehead atoms. The van der Waals surface area contributed by atoms with E-state index >= 15 is 0 Å². The molecule has 0 radical (unpaired) electrons. The molecule has 0 aliphatic carbocycles. The average molecular weight is 322 g/mol. The smallest absolute Gasteiger partial charge is 0.244 e. The van der Waals surface area contributed by atoms with Crippen LogP contribution in [0.1, 0.15) is 13.3 Å².